The van der Waals surface area contributed by atoms with Gasteiger partial charge in [0.1, 0.15) is 5.30 Å². The Hall–Kier alpha value is -4.99. The molecule has 1 aromatic heterocycles. The van der Waals surface area contributed by atoms with Crippen LogP contribution in [0.5, 0.6) is 0 Å². The third-order valence-corrected chi connectivity index (χ3v) is 10.8. The lowest BCUT2D eigenvalue weighted by molar-refractivity contribution is 0.591. The number of hydrogen-bond acceptors (Lipinski definition) is 3. The summed E-state index contributed by atoms with van der Waals surface area (Å²) in [5.74, 6) is 0. The summed E-state index contributed by atoms with van der Waals surface area (Å²) in [7, 11) is -3.82. The van der Waals surface area contributed by atoms with Gasteiger partial charge in [-0.25, -0.2) is 9.36 Å². The van der Waals surface area contributed by atoms with Crippen LogP contribution in [0.1, 0.15) is 22.4 Å². The van der Waals surface area contributed by atoms with E-state index in [1.54, 1.807) is 53.1 Å². The van der Waals surface area contributed by atoms with Crippen LogP contribution in [0.25, 0.3) is 11.4 Å². The molecule has 0 aliphatic carbocycles. The minimum atomic E-state index is -3.82. The molecule has 0 saturated carbocycles. The molecule has 0 N–H and O–H groups in total. The van der Waals surface area contributed by atoms with E-state index in [9.17, 15) is 9.59 Å². The van der Waals surface area contributed by atoms with E-state index in [0.717, 1.165) is 21.3 Å². The average Bonchev–Trinajstić information content (AvgIpc) is 3.04. The van der Waals surface area contributed by atoms with E-state index in [1.807, 2.05) is 105 Å². The fourth-order valence-corrected chi connectivity index (χ4v) is 8.37. The second-order valence-corrected chi connectivity index (χ2v) is 13.4. The van der Waals surface area contributed by atoms with Crippen LogP contribution < -0.4 is 27.2 Å². The summed E-state index contributed by atoms with van der Waals surface area (Å²) in [5, 5.41) is 1.17. The summed E-state index contributed by atoms with van der Waals surface area (Å²) < 4.78 is 18.6. The average molecular weight is 583 g/mol. The molecule has 212 valence electrons. The molecule has 6 rings (SSSR count). The van der Waals surface area contributed by atoms with Crippen molar-refractivity contribution in [2.24, 2.45) is 0 Å². The SMILES string of the molecule is Cc1ccc(Cc2c(P(=O)(c3ccccc3)c3ccccc3)c(=O)n(-c3ccccc3)c(=O)n2-c2ccc(C)cc2)cc1. The Labute approximate surface area is 250 Å². The van der Waals surface area contributed by atoms with Crippen molar-refractivity contribution in [3.8, 4) is 11.4 Å². The van der Waals surface area contributed by atoms with Crippen LogP contribution in [-0.4, -0.2) is 9.13 Å². The summed E-state index contributed by atoms with van der Waals surface area (Å²) in [5.41, 5.74) is 3.34. The molecule has 0 spiro atoms. The van der Waals surface area contributed by atoms with Crippen molar-refractivity contribution in [1.82, 2.24) is 9.13 Å². The van der Waals surface area contributed by atoms with Crippen molar-refractivity contribution in [2.45, 2.75) is 20.3 Å². The molecule has 0 radical (unpaired) electrons. The highest BCUT2D eigenvalue weighted by atomic mass is 31.2. The Bertz CT molecular complexity index is 2010. The third kappa shape index (κ3) is 5.24. The number of nitrogens with zero attached hydrogens (tertiary/aromatic N) is 2. The lowest BCUT2D eigenvalue weighted by Gasteiger charge is -2.26. The van der Waals surface area contributed by atoms with Gasteiger partial charge in [-0.15, -0.1) is 0 Å². The van der Waals surface area contributed by atoms with Gasteiger partial charge < -0.3 is 4.57 Å². The quantitative estimate of drug-likeness (QED) is 0.223. The van der Waals surface area contributed by atoms with Gasteiger partial charge >= 0.3 is 5.69 Å². The van der Waals surface area contributed by atoms with E-state index < -0.39 is 18.4 Å². The molecular formula is C37H31N2O3P. The second kappa shape index (κ2) is 11.7. The van der Waals surface area contributed by atoms with Gasteiger partial charge in [0.25, 0.3) is 5.56 Å². The highest BCUT2D eigenvalue weighted by molar-refractivity contribution is 7.85. The number of aryl methyl sites for hydroxylation is 2. The van der Waals surface area contributed by atoms with E-state index in [0.29, 0.717) is 27.7 Å². The Balaban J connectivity index is 1.83. The monoisotopic (exact) mass is 582 g/mol. The number of aromatic nitrogens is 2. The van der Waals surface area contributed by atoms with Crippen molar-refractivity contribution in [3.05, 3.63) is 183 Å². The van der Waals surface area contributed by atoms with Crippen molar-refractivity contribution in [2.75, 3.05) is 0 Å². The summed E-state index contributed by atoms with van der Waals surface area (Å²) in [4.78, 5) is 29.4. The Kier molecular flexibility index (Phi) is 7.67. The first-order valence-corrected chi connectivity index (χ1v) is 15.9. The molecule has 6 heteroatoms. The van der Waals surface area contributed by atoms with Crippen molar-refractivity contribution in [3.63, 3.8) is 0 Å². The maximum atomic E-state index is 15.9. The third-order valence-electron chi connectivity index (χ3n) is 7.68. The van der Waals surface area contributed by atoms with E-state index >= 15 is 4.57 Å². The molecule has 0 aliphatic heterocycles. The first-order valence-electron chi connectivity index (χ1n) is 14.2. The van der Waals surface area contributed by atoms with Gasteiger partial charge in [-0.1, -0.05) is 126 Å². The first-order chi connectivity index (χ1) is 20.9. The minimum absolute atomic E-state index is 0.120. The van der Waals surface area contributed by atoms with Gasteiger partial charge in [0.2, 0.25) is 0 Å². The molecule has 0 bridgehead atoms. The zero-order chi connectivity index (χ0) is 30.0. The molecule has 1 heterocycles. The zero-order valence-corrected chi connectivity index (χ0v) is 24.9. The van der Waals surface area contributed by atoms with Crippen LogP contribution in [0.2, 0.25) is 0 Å². The van der Waals surface area contributed by atoms with Crippen LogP contribution in [0, 0.1) is 13.8 Å². The standard InChI is InChI=1S/C37H31N2O3P/c1-27-18-22-29(23-19-27)26-34-35(43(42,32-14-8-4-9-15-32)33-16-10-5-11-17-33)36(40)39(30-12-6-3-7-13-30)37(41)38(34)31-24-20-28(2)21-25-31/h3-25H,26H2,1-2H3. The fraction of sp³-hybridized carbons (Fsp3) is 0.0811. The molecule has 0 aliphatic rings. The van der Waals surface area contributed by atoms with E-state index in [4.69, 9.17) is 0 Å². The molecule has 0 saturated heterocycles. The lowest BCUT2D eigenvalue weighted by Crippen LogP contribution is -2.51. The van der Waals surface area contributed by atoms with Gasteiger partial charge in [-0.05, 0) is 43.7 Å². The molecule has 0 fully saturated rings. The number of para-hydroxylation sites is 1. The zero-order valence-electron chi connectivity index (χ0n) is 24.1. The molecule has 5 aromatic carbocycles. The van der Waals surface area contributed by atoms with E-state index in [2.05, 4.69) is 0 Å². The van der Waals surface area contributed by atoms with Crippen molar-refractivity contribution >= 4 is 23.1 Å². The lowest BCUT2D eigenvalue weighted by atomic mass is 10.1. The van der Waals surface area contributed by atoms with Gasteiger partial charge in [-0.2, -0.15) is 0 Å². The predicted molar refractivity (Wildman–Crippen MR) is 176 cm³/mol. The number of rotatable bonds is 7. The van der Waals surface area contributed by atoms with E-state index in [-0.39, 0.29) is 11.7 Å². The van der Waals surface area contributed by atoms with E-state index in [1.165, 1.54) is 0 Å². The van der Waals surface area contributed by atoms with Crippen LogP contribution >= 0.6 is 7.14 Å². The molecular weight excluding hydrogens is 551 g/mol. The topological polar surface area (TPSA) is 61.1 Å². The highest BCUT2D eigenvalue weighted by Gasteiger charge is 2.38. The smallest absolute Gasteiger partial charge is 0.308 e. The van der Waals surface area contributed by atoms with Crippen LogP contribution in [0.15, 0.2) is 149 Å². The van der Waals surface area contributed by atoms with Crippen LogP contribution in [-0.2, 0) is 11.0 Å². The Morgan fingerprint density at radius 1 is 0.535 bits per heavy atom. The molecule has 0 unspecified atom stereocenters. The Morgan fingerprint density at radius 2 is 0.977 bits per heavy atom. The molecule has 43 heavy (non-hydrogen) atoms. The van der Waals surface area contributed by atoms with Crippen molar-refractivity contribution < 1.29 is 4.57 Å². The molecule has 5 nitrogen and oxygen atoms in total. The van der Waals surface area contributed by atoms with Gasteiger partial charge in [0.05, 0.1) is 11.4 Å². The second-order valence-electron chi connectivity index (χ2n) is 10.7. The van der Waals surface area contributed by atoms with Gasteiger partial charge in [0, 0.05) is 22.7 Å². The minimum Gasteiger partial charge on any atom is -0.308 e. The van der Waals surface area contributed by atoms with Gasteiger partial charge in [0.15, 0.2) is 7.14 Å². The summed E-state index contributed by atoms with van der Waals surface area (Å²) >= 11 is 0. The predicted octanol–water partition coefficient (Wildman–Crippen LogP) is 5.84. The highest BCUT2D eigenvalue weighted by Crippen LogP contribution is 2.42. The molecule has 6 aromatic rings. The first kappa shape index (κ1) is 28.1. The summed E-state index contributed by atoms with van der Waals surface area (Å²) in [6.45, 7) is 3.99. The van der Waals surface area contributed by atoms with Crippen LogP contribution in [0.3, 0.4) is 0 Å². The number of hydrogen-bond donors (Lipinski definition) is 0. The fourth-order valence-electron chi connectivity index (χ4n) is 5.46. The Morgan fingerprint density at radius 3 is 1.49 bits per heavy atom. The molecule has 0 amide bonds. The summed E-state index contributed by atoms with van der Waals surface area (Å²) in [6, 6.07) is 42.7. The largest absolute Gasteiger partial charge is 0.340 e. The van der Waals surface area contributed by atoms with Crippen molar-refractivity contribution in [1.29, 1.82) is 0 Å². The molecule has 0 atom stereocenters. The maximum absolute atomic E-state index is 15.9. The normalized spacial score (nSPS) is 11.4. The van der Waals surface area contributed by atoms with Crippen LogP contribution in [0.4, 0.5) is 0 Å². The van der Waals surface area contributed by atoms with Gasteiger partial charge in [-0.3, -0.25) is 9.36 Å². The maximum Gasteiger partial charge on any atom is 0.340 e. The summed E-state index contributed by atoms with van der Waals surface area (Å²) in [6.07, 6.45) is 0.229. The number of benzene rings is 5.